The molecular weight excluding hydrogens is 186 g/mol. The van der Waals surface area contributed by atoms with E-state index < -0.39 is 5.91 Å². The number of nitrogens with two attached hydrogens (primary N) is 1. The van der Waals surface area contributed by atoms with Crippen molar-refractivity contribution in [2.24, 2.45) is 5.73 Å². The van der Waals surface area contributed by atoms with E-state index in [2.05, 4.69) is 5.32 Å². The molecule has 0 aromatic rings. The van der Waals surface area contributed by atoms with Crippen LogP contribution < -0.4 is 11.1 Å². The predicted molar refractivity (Wildman–Crippen MR) is 51.6 cm³/mol. The van der Waals surface area contributed by atoms with Gasteiger partial charge in [-0.1, -0.05) is 0 Å². The van der Waals surface area contributed by atoms with E-state index in [4.69, 9.17) is 10.5 Å². The minimum atomic E-state index is -0.447. The predicted octanol–water partition coefficient (Wildman–Crippen LogP) is -1.83. The van der Waals surface area contributed by atoms with Crippen molar-refractivity contribution < 1.29 is 14.3 Å². The summed E-state index contributed by atoms with van der Waals surface area (Å²) in [7, 11) is 3.21. The summed E-state index contributed by atoms with van der Waals surface area (Å²) >= 11 is 0. The Morgan fingerprint density at radius 1 is 1.43 bits per heavy atom. The number of rotatable bonds is 7. The van der Waals surface area contributed by atoms with Crippen LogP contribution in [0.3, 0.4) is 0 Å². The van der Waals surface area contributed by atoms with Crippen molar-refractivity contribution in [3.63, 3.8) is 0 Å². The van der Waals surface area contributed by atoms with E-state index in [1.54, 1.807) is 19.1 Å². The molecule has 0 aromatic carbocycles. The standard InChI is InChI=1S/C8H17N3O3/c1-11(5-7(9)12)6-8(13)10-3-4-14-2/h3-6H2,1-2H3,(H2,9,12)(H,10,13). The molecule has 0 atom stereocenters. The maximum absolute atomic E-state index is 11.1. The second-order valence-corrected chi connectivity index (χ2v) is 2.98. The summed E-state index contributed by atoms with van der Waals surface area (Å²) in [6.45, 7) is 1.19. The lowest BCUT2D eigenvalue weighted by Crippen LogP contribution is -2.40. The molecule has 14 heavy (non-hydrogen) atoms. The van der Waals surface area contributed by atoms with Crippen LogP contribution >= 0.6 is 0 Å². The fourth-order valence-corrected chi connectivity index (χ4v) is 0.915. The first-order valence-corrected chi connectivity index (χ1v) is 4.28. The quantitative estimate of drug-likeness (QED) is 0.476. The third-order valence-corrected chi connectivity index (χ3v) is 1.47. The van der Waals surface area contributed by atoms with Crippen molar-refractivity contribution in [3.8, 4) is 0 Å². The minimum Gasteiger partial charge on any atom is -0.383 e. The van der Waals surface area contributed by atoms with Crippen LogP contribution in [-0.2, 0) is 14.3 Å². The number of primary amides is 1. The Morgan fingerprint density at radius 3 is 2.57 bits per heavy atom. The second kappa shape index (κ2) is 7.28. The van der Waals surface area contributed by atoms with Crippen LogP contribution in [0.1, 0.15) is 0 Å². The molecule has 0 saturated heterocycles. The van der Waals surface area contributed by atoms with Crippen LogP contribution in [0.15, 0.2) is 0 Å². The molecule has 2 amide bonds. The zero-order valence-electron chi connectivity index (χ0n) is 8.58. The lowest BCUT2D eigenvalue weighted by molar-refractivity contribution is -0.123. The van der Waals surface area contributed by atoms with Gasteiger partial charge in [-0.05, 0) is 7.05 Å². The number of hydrogen-bond donors (Lipinski definition) is 2. The van der Waals surface area contributed by atoms with Crippen molar-refractivity contribution in [1.29, 1.82) is 0 Å². The lowest BCUT2D eigenvalue weighted by Gasteiger charge is -2.13. The van der Waals surface area contributed by atoms with E-state index >= 15 is 0 Å². The third-order valence-electron chi connectivity index (χ3n) is 1.47. The first-order valence-electron chi connectivity index (χ1n) is 4.28. The molecule has 0 unspecified atom stereocenters. The average molecular weight is 203 g/mol. The molecule has 0 bridgehead atoms. The number of ether oxygens (including phenoxy) is 1. The van der Waals surface area contributed by atoms with Gasteiger partial charge in [-0.3, -0.25) is 14.5 Å². The van der Waals surface area contributed by atoms with Gasteiger partial charge in [0.15, 0.2) is 0 Å². The molecule has 0 rings (SSSR count). The lowest BCUT2D eigenvalue weighted by atomic mass is 10.4. The molecule has 6 heteroatoms. The molecule has 3 N–H and O–H groups in total. The smallest absolute Gasteiger partial charge is 0.234 e. The van der Waals surface area contributed by atoms with E-state index in [1.165, 1.54) is 0 Å². The van der Waals surface area contributed by atoms with E-state index in [0.717, 1.165) is 0 Å². The van der Waals surface area contributed by atoms with Gasteiger partial charge in [-0.2, -0.15) is 0 Å². The number of hydrogen-bond acceptors (Lipinski definition) is 4. The van der Waals surface area contributed by atoms with Crippen LogP contribution in [0, 0.1) is 0 Å². The SMILES string of the molecule is COCCNC(=O)CN(C)CC(N)=O. The highest BCUT2D eigenvalue weighted by atomic mass is 16.5. The Hall–Kier alpha value is -1.14. The second-order valence-electron chi connectivity index (χ2n) is 2.98. The molecule has 0 radical (unpaired) electrons. The number of likely N-dealkylation sites (N-methyl/N-ethyl adjacent to an activating group) is 1. The zero-order chi connectivity index (χ0) is 11.0. The maximum Gasteiger partial charge on any atom is 0.234 e. The molecule has 6 nitrogen and oxygen atoms in total. The topological polar surface area (TPSA) is 84.7 Å². The van der Waals surface area contributed by atoms with Gasteiger partial charge >= 0.3 is 0 Å². The van der Waals surface area contributed by atoms with E-state index in [9.17, 15) is 9.59 Å². The summed E-state index contributed by atoms with van der Waals surface area (Å²) in [4.78, 5) is 23.2. The van der Waals surface area contributed by atoms with Crippen molar-refractivity contribution in [2.75, 3.05) is 40.4 Å². The summed E-state index contributed by atoms with van der Waals surface area (Å²) in [5.41, 5.74) is 4.96. The van der Waals surface area contributed by atoms with Gasteiger partial charge in [-0.15, -0.1) is 0 Å². The number of carbonyl (C=O) groups is 2. The van der Waals surface area contributed by atoms with E-state index in [0.29, 0.717) is 13.2 Å². The van der Waals surface area contributed by atoms with Crippen molar-refractivity contribution in [1.82, 2.24) is 10.2 Å². The fraction of sp³-hybridized carbons (Fsp3) is 0.750. The number of nitrogens with zero attached hydrogens (tertiary/aromatic N) is 1. The van der Waals surface area contributed by atoms with Crippen molar-refractivity contribution in [3.05, 3.63) is 0 Å². The number of nitrogens with one attached hydrogen (secondary N) is 1. The number of methoxy groups -OCH3 is 1. The Balaban J connectivity index is 3.55. The average Bonchev–Trinajstić information content (AvgIpc) is 2.02. The molecule has 0 aliphatic rings. The fourth-order valence-electron chi connectivity index (χ4n) is 0.915. The highest BCUT2D eigenvalue weighted by Gasteiger charge is 2.07. The summed E-state index contributed by atoms with van der Waals surface area (Å²) in [6.07, 6.45) is 0. The third kappa shape index (κ3) is 7.51. The molecule has 82 valence electrons. The van der Waals surface area contributed by atoms with E-state index in [1.807, 2.05) is 0 Å². The number of carbonyl (C=O) groups excluding carboxylic acids is 2. The van der Waals surface area contributed by atoms with Gasteiger partial charge in [0.05, 0.1) is 19.7 Å². The summed E-state index contributed by atoms with van der Waals surface area (Å²) in [5, 5.41) is 2.63. The van der Waals surface area contributed by atoms with Crippen LogP contribution in [0.2, 0.25) is 0 Å². The van der Waals surface area contributed by atoms with Crippen LogP contribution in [0.4, 0.5) is 0 Å². The Labute approximate surface area is 83.4 Å². The maximum atomic E-state index is 11.1. The molecule has 0 saturated carbocycles. The highest BCUT2D eigenvalue weighted by molar-refractivity contribution is 5.80. The first-order chi connectivity index (χ1) is 6.56. The molecule has 0 fully saturated rings. The van der Waals surface area contributed by atoms with Crippen molar-refractivity contribution in [2.45, 2.75) is 0 Å². The highest BCUT2D eigenvalue weighted by Crippen LogP contribution is 1.80. The zero-order valence-corrected chi connectivity index (χ0v) is 8.58. The van der Waals surface area contributed by atoms with Gasteiger partial charge in [0.25, 0.3) is 0 Å². The Bertz CT molecular complexity index is 196. The van der Waals surface area contributed by atoms with Crippen LogP contribution in [-0.4, -0.2) is 57.1 Å². The Morgan fingerprint density at radius 2 is 2.07 bits per heavy atom. The first kappa shape index (κ1) is 12.9. The summed E-state index contributed by atoms with van der Waals surface area (Å²) in [5.74, 6) is -0.594. The molecule has 0 aliphatic carbocycles. The monoisotopic (exact) mass is 203 g/mol. The molecule has 0 aliphatic heterocycles. The minimum absolute atomic E-state index is 0.0810. The normalized spacial score (nSPS) is 10.2. The molecule has 0 heterocycles. The number of amides is 2. The summed E-state index contributed by atoms with van der Waals surface area (Å²) in [6, 6.07) is 0. The van der Waals surface area contributed by atoms with Crippen LogP contribution in [0.25, 0.3) is 0 Å². The van der Waals surface area contributed by atoms with E-state index in [-0.39, 0.29) is 19.0 Å². The van der Waals surface area contributed by atoms with Gasteiger partial charge in [0.1, 0.15) is 0 Å². The van der Waals surface area contributed by atoms with Crippen LogP contribution in [0.5, 0.6) is 0 Å². The Kier molecular flexibility index (Phi) is 6.69. The summed E-state index contributed by atoms with van der Waals surface area (Å²) < 4.78 is 4.76. The van der Waals surface area contributed by atoms with Gasteiger partial charge in [0, 0.05) is 13.7 Å². The van der Waals surface area contributed by atoms with Crippen molar-refractivity contribution >= 4 is 11.8 Å². The molecule has 0 aromatic heterocycles. The molecule has 0 spiro atoms. The molecular formula is C8H17N3O3. The van der Waals surface area contributed by atoms with Gasteiger partial charge < -0.3 is 15.8 Å². The largest absolute Gasteiger partial charge is 0.383 e. The van der Waals surface area contributed by atoms with Gasteiger partial charge in [-0.25, -0.2) is 0 Å². The van der Waals surface area contributed by atoms with Gasteiger partial charge in [0.2, 0.25) is 11.8 Å².